The van der Waals surface area contributed by atoms with E-state index in [-0.39, 0.29) is 6.61 Å². The highest BCUT2D eigenvalue weighted by atomic mass is 32.2. The number of benzene rings is 2. The van der Waals surface area contributed by atoms with Gasteiger partial charge in [-0.15, -0.1) is 11.8 Å². The fourth-order valence-electron chi connectivity index (χ4n) is 3.30. The number of hydrogen-bond acceptors (Lipinski definition) is 5. The van der Waals surface area contributed by atoms with Crippen LogP contribution in [0.5, 0.6) is 5.75 Å². The van der Waals surface area contributed by atoms with Crippen molar-refractivity contribution in [2.24, 2.45) is 5.92 Å². The number of thioether (sulfide) groups is 1. The van der Waals surface area contributed by atoms with Crippen LogP contribution in [0.15, 0.2) is 52.3 Å². The van der Waals surface area contributed by atoms with Crippen LogP contribution in [0.25, 0.3) is 0 Å². The average Bonchev–Trinajstić information content (AvgIpc) is 2.72. The van der Waals surface area contributed by atoms with Crippen LogP contribution in [0.2, 0.25) is 0 Å². The molecule has 2 aromatic rings. The second kappa shape index (κ2) is 12.3. The van der Waals surface area contributed by atoms with Gasteiger partial charge in [0.2, 0.25) is 10.0 Å². The first-order chi connectivity index (χ1) is 15.1. The van der Waals surface area contributed by atoms with Gasteiger partial charge in [-0.3, -0.25) is 0 Å². The molecule has 0 saturated heterocycles. The van der Waals surface area contributed by atoms with Crippen LogP contribution in [0.1, 0.15) is 38.3 Å². The number of aryl methyl sites for hydroxylation is 1. The lowest BCUT2D eigenvalue weighted by molar-refractivity contribution is -0.139. The largest absolute Gasteiger partial charge is 0.482 e. The van der Waals surface area contributed by atoms with Crippen LogP contribution in [-0.2, 0) is 21.2 Å². The molecule has 0 aromatic heterocycles. The number of carbonyl (C=O) groups is 1. The van der Waals surface area contributed by atoms with Crippen LogP contribution in [0, 0.1) is 12.8 Å². The molecule has 0 unspecified atom stereocenters. The molecule has 176 valence electrons. The summed E-state index contributed by atoms with van der Waals surface area (Å²) in [6, 6.07) is 12.8. The molecular weight excluding hydrogens is 446 g/mol. The number of carboxylic acid groups (broad SMARTS) is 1. The molecule has 0 aliphatic carbocycles. The Morgan fingerprint density at radius 1 is 1.12 bits per heavy atom. The first kappa shape index (κ1) is 26.2. The summed E-state index contributed by atoms with van der Waals surface area (Å²) < 4.78 is 33.2. The van der Waals surface area contributed by atoms with Crippen molar-refractivity contribution in [1.82, 2.24) is 4.31 Å². The lowest BCUT2D eigenvalue weighted by atomic mass is 10.0. The van der Waals surface area contributed by atoms with Crippen molar-refractivity contribution in [2.75, 3.05) is 25.4 Å². The van der Waals surface area contributed by atoms with Crippen molar-refractivity contribution in [3.05, 3.63) is 53.6 Å². The van der Waals surface area contributed by atoms with E-state index in [0.29, 0.717) is 35.4 Å². The fraction of sp³-hybridized carbons (Fsp3) is 0.458. The van der Waals surface area contributed by atoms with Gasteiger partial charge in [0, 0.05) is 23.7 Å². The predicted molar refractivity (Wildman–Crippen MR) is 129 cm³/mol. The molecule has 1 N–H and O–H groups in total. The molecular formula is C24H33NO5S2. The zero-order chi connectivity index (χ0) is 23.7. The van der Waals surface area contributed by atoms with E-state index in [9.17, 15) is 13.2 Å². The van der Waals surface area contributed by atoms with Crippen molar-refractivity contribution in [1.29, 1.82) is 0 Å². The van der Waals surface area contributed by atoms with Gasteiger partial charge in [0.1, 0.15) is 5.75 Å². The van der Waals surface area contributed by atoms with E-state index in [1.807, 2.05) is 38.1 Å². The van der Waals surface area contributed by atoms with Gasteiger partial charge in [-0.05, 0) is 67.1 Å². The molecule has 0 fully saturated rings. The summed E-state index contributed by atoms with van der Waals surface area (Å²) >= 11 is 1.56. The number of carboxylic acids is 1. The minimum atomic E-state index is -3.55. The van der Waals surface area contributed by atoms with Crippen LogP contribution in [0.4, 0.5) is 0 Å². The summed E-state index contributed by atoms with van der Waals surface area (Å²) in [5.41, 5.74) is 1.98. The number of ether oxygens (including phenoxy) is 1. The van der Waals surface area contributed by atoms with Crippen molar-refractivity contribution >= 4 is 27.8 Å². The van der Waals surface area contributed by atoms with E-state index < -0.39 is 16.0 Å². The van der Waals surface area contributed by atoms with E-state index in [2.05, 4.69) is 13.8 Å². The third-order valence-electron chi connectivity index (χ3n) is 4.79. The van der Waals surface area contributed by atoms with E-state index in [1.54, 1.807) is 34.3 Å². The Morgan fingerprint density at radius 3 is 2.38 bits per heavy atom. The smallest absolute Gasteiger partial charge is 0.341 e. The maximum Gasteiger partial charge on any atom is 0.341 e. The second-order valence-corrected chi connectivity index (χ2v) is 11.2. The Hall–Kier alpha value is -2.03. The van der Waals surface area contributed by atoms with Crippen molar-refractivity contribution in [2.45, 2.75) is 50.3 Å². The Balaban J connectivity index is 2.02. The number of sulfonamides is 1. The first-order valence-electron chi connectivity index (χ1n) is 10.8. The Morgan fingerprint density at radius 2 is 1.81 bits per heavy atom. The maximum absolute atomic E-state index is 13.2. The van der Waals surface area contributed by atoms with Gasteiger partial charge in [-0.2, -0.15) is 4.31 Å². The highest BCUT2D eigenvalue weighted by Gasteiger charge is 2.23. The fourth-order valence-corrected chi connectivity index (χ4v) is 5.92. The molecule has 32 heavy (non-hydrogen) atoms. The molecule has 2 aromatic carbocycles. The molecule has 0 aliphatic heterocycles. The average molecular weight is 480 g/mol. The summed E-state index contributed by atoms with van der Waals surface area (Å²) in [6.45, 7) is 8.61. The van der Waals surface area contributed by atoms with Gasteiger partial charge >= 0.3 is 5.97 Å². The summed E-state index contributed by atoms with van der Waals surface area (Å²) in [5, 5.41) is 8.75. The summed E-state index contributed by atoms with van der Waals surface area (Å²) in [7, 11) is -3.55. The Kier molecular flexibility index (Phi) is 10.1. The van der Waals surface area contributed by atoms with Gasteiger partial charge in [-0.1, -0.05) is 32.9 Å². The van der Waals surface area contributed by atoms with Gasteiger partial charge < -0.3 is 9.84 Å². The van der Waals surface area contributed by atoms with E-state index in [0.717, 1.165) is 28.9 Å². The van der Waals surface area contributed by atoms with Crippen molar-refractivity contribution in [3.63, 3.8) is 0 Å². The zero-order valence-electron chi connectivity index (χ0n) is 19.2. The Bertz CT molecular complexity index is 988. The van der Waals surface area contributed by atoms with Crippen LogP contribution in [-0.4, -0.2) is 49.2 Å². The third-order valence-corrected chi connectivity index (χ3v) is 7.67. The highest BCUT2D eigenvalue weighted by molar-refractivity contribution is 7.99. The molecule has 2 rings (SSSR count). The molecule has 0 atom stereocenters. The number of aliphatic carboxylic acids is 1. The maximum atomic E-state index is 13.2. The normalized spacial score (nSPS) is 11.8. The lowest BCUT2D eigenvalue weighted by Gasteiger charge is -2.22. The second-order valence-electron chi connectivity index (χ2n) is 8.10. The van der Waals surface area contributed by atoms with Gasteiger partial charge in [-0.25, -0.2) is 13.2 Å². The monoisotopic (exact) mass is 479 g/mol. The SMILES string of the molecule is CCCN(CCSc1ccc(OCC(=O)O)c(C)c1)S(=O)(=O)c1ccc(CC(C)C)cc1. The first-order valence-corrected chi connectivity index (χ1v) is 13.2. The predicted octanol–water partition coefficient (Wildman–Crippen LogP) is 4.85. The number of hydrogen-bond donors (Lipinski definition) is 1. The van der Waals surface area contributed by atoms with Crippen LogP contribution < -0.4 is 4.74 Å². The molecule has 0 radical (unpaired) electrons. The summed E-state index contributed by atoms with van der Waals surface area (Å²) in [5.74, 6) is 0.648. The van der Waals surface area contributed by atoms with Gasteiger partial charge in [0.15, 0.2) is 6.61 Å². The zero-order valence-corrected chi connectivity index (χ0v) is 20.8. The van der Waals surface area contributed by atoms with E-state index >= 15 is 0 Å². The van der Waals surface area contributed by atoms with Crippen molar-refractivity contribution in [3.8, 4) is 5.75 Å². The lowest BCUT2D eigenvalue weighted by Crippen LogP contribution is -2.33. The van der Waals surface area contributed by atoms with Crippen LogP contribution in [0.3, 0.4) is 0 Å². The molecule has 0 spiro atoms. The Labute approximate surface area is 196 Å². The van der Waals surface area contributed by atoms with E-state index in [1.165, 1.54) is 0 Å². The number of nitrogens with zero attached hydrogens (tertiary/aromatic N) is 1. The molecule has 6 nitrogen and oxygen atoms in total. The minimum absolute atomic E-state index is 0.333. The molecule has 0 heterocycles. The summed E-state index contributed by atoms with van der Waals surface area (Å²) in [4.78, 5) is 12.0. The molecule has 0 bridgehead atoms. The van der Waals surface area contributed by atoms with Gasteiger partial charge in [0.25, 0.3) is 0 Å². The molecule has 0 amide bonds. The molecule has 0 aliphatic rings. The summed E-state index contributed by atoms with van der Waals surface area (Å²) in [6.07, 6.45) is 1.67. The molecule has 0 saturated carbocycles. The quantitative estimate of drug-likeness (QED) is 0.414. The minimum Gasteiger partial charge on any atom is -0.482 e. The number of rotatable bonds is 13. The van der Waals surface area contributed by atoms with Gasteiger partial charge in [0.05, 0.1) is 4.90 Å². The van der Waals surface area contributed by atoms with Crippen LogP contribution >= 0.6 is 11.8 Å². The van der Waals surface area contributed by atoms with Crippen molar-refractivity contribution < 1.29 is 23.1 Å². The molecule has 8 heteroatoms. The van der Waals surface area contributed by atoms with E-state index in [4.69, 9.17) is 9.84 Å². The topological polar surface area (TPSA) is 83.9 Å². The highest BCUT2D eigenvalue weighted by Crippen LogP contribution is 2.26. The third kappa shape index (κ3) is 7.83. The standard InChI is InChI=1S/C24H33NO5S2/c1-5-12-25(32(28,29)22-9-6-20(7-10-22)15-18(2)3)13-14-31-21-8-11-23(19(4)16-21)30-17-24(26)27/h6-11,16,18H,5,12-15,17H2,1-4H3,(H,26,27).